The second-order valence-electron chi connectivity index (χ2n) is 11.8. The van der Waals surface area contributed by atoms with Crippen LogP contribution in [0.15, 0.2) is 71.2 Å². The van der Waals surface area contributed by atoms with Gasteiger partial charge in [0.25, 0.3) is 0 Å². The number of imide groups is 1. The predicted octanol–water partition coefficient (Wildman–Crippen LogP) is 7.98. The van der Waals surface area contributed by atoms with Gasteiger partial charge in [-0.1, -0.05) is 46.6 Å². The topological polar surface area (TPSA) is 93.6 Å². The van der Waals surface area contributed by atoms with Crippen LogP contribution >= 0.6 is 27.5 Å². The van der Waals surface area contributed by atoms with Crippen LogP contribution in [-0.2, 0) is 14.3 Å². The number of ketones is 1. The highest BCUT2D eigenvalue weighted by atomic mass is 79.9. The number of benzene rings is 3. The summed E-state index contributed by atoms with van der Waals surface area (Å²) in [4.78, 5) is 59.2. The van der Waals surface area contributed by atoms with E-state index in [0.29, 0.717) is 44.4 Å². The molecule has 4 aromatic rings. The molecule has 0 N–H and O–H groups in total. The Morgan fingerprint density at radius 1 is 0.977 bits per heavy atom. The number of amides is 2. The molecule has 0 bridgehead atoms. The van der Waals surface area contributed by atoms with Crippen molar-refractivity contribution in [1.29, 1.82) is 0 Å². The van der Waals surface area contributed by atoms with Gasteiger partial charge in [0.1, 0.15) is 0 Å². The minimum atomic E-state index is -1.04. The normalized spacial score (nSPS) is 20.5. The molecule has 1 saturated carbocycles. The third-order valence-electron chi connectivity index (χ3n) is 8.68. The van der Waals surface area contributed by atoms with Crippen molar-refractivity contribution in [2.75, 3.05) is 4.90 Å². The van der Waals surface area contributed by atoms with Crippen LogP contribution < -0.4 is 4.90 Å². The van der Waals surface area contributed by atoms with Crippen LogP contribution in [0.4, 0.5) is 5.69 Å². The molecule has 0 radical (unpaired) electrons. The molecule has 2 heterocycles. The minimum absolute atomic E-state index is 0.128. The molecule has 4 atom stereocenters. The summed E-state index contributed by atoms with van der Waals surface area (Å²) >= 11 is 9.46. The smallest absolute Gasteiger partial charge is 0.339 e. The van der Waals surface area contributed by atoms with Crippen molar-refractivity contribution in [3.8, 4) is 11.3 Å². The van der Waals surface area contributed by atoms with Crippen molar-refractivity contribution >= 4 is 67.7 Å². The lowest BCUT2D eigenvalue weighted by molar-refractivity contribution is -0.122. The van der Waals surface area contributed by atoms with Gasteiger partial charge in [0, 0.05) is 26.0 Å². The molecule has 0 spiro atoms. The second kappa shape index (κ2) is 11.9. The number of carbonyl (C=O) groups is 4. The standard InChI is InChI=1S/C35H30BrClN2O5/c1-18-4-13-26-28(14-18)34(42)39(33(26)41)25-11-7-21(8-12-25)30-17-29(27-16-23(36)15-19(2)31(27)38-30)35(43)44-20(3)32(40)22-5-9-24(37)10-6-22/h5-12,15-18,20,26,28H,4,13-14H2,1-3H3. The number of esters is 1. The first kappa shape index (κ1) is 30.2. The number of hydrogen-bond donors (Lipinski definition) is 0. The fraction of sp³-hybridized carbons (Fsp3) is 0.286. The summed E-state index contributed by atoms with van der Waals surface area (Å²) in [6, 6.07) is 18.9. The number of hydrogen-bond acceptors (Lipinski definition) is 6. The molecule has 2 amide bonds. The lowest BCUT2D eigenvalue weighted by Crippen LogP contribution is -2.30. The van der Waals surface area contributed by atoms with Crippen molar-refractivity contribution in [3.63, 3.8) is 0 Å². The van der Waals surface area contributed by atoms with Crippen LogP contribution in [-0.4, -0.2) is 34.7 Å². The van der Waals surface area contributed by atoms with E-state index in [-0.39, 0.29) is 35.0 Å². The fourth-order valence-corrected chi connectivity index (χ4v) is 7.02. The molecule has 44 heavy (non-hydrogen) atoms. The number of aromatic nitrogens is 1. The number of rotatable bonds is 6. The summed E-state index contributed by atoms with van der Waals surface area (Å²) in [5.41, 5.74) is 3.84. The summed E-state index contributed by atoms with van der Waals surface area (Å²) in [5, 5.41) is 1.08. The van der Waals surface area contributed by atoms with Crippen LogP contribution in [0.2, 0.25) is 5.02 Å². The quantitative estimate of drug-likeness (QED) is 0.117. The first-order valence-electron chi connectivity index (χ1n) is 14.6. The van der Waals surface area contributed by atoms with Crippen molar-refractivity contribution in [3.05, 3.63) is 92.9 Å². The lowest BCUT2D eigenvalue weighted by atomic mass is 9.76. The molecule has 1 saturated heterocycles. The zero-order valence-corrected chi connectivity index (χ0v) is 26.8. The van der Waals surface area contributed by atoms with Gasteiger partial charge in [-0.25, -0.2) is 9.78 Å². The van der Waals surface area contributed by atoms with E-state index in [1.54, 1.807) is 60.7 Å². The molecule has 2 aliphatic rings. The first-order valence-corrected chi connectivity index (χ1v) is 15.8. The number of fused-ring (bicyclic) bond motifs is 2. The molecule has 2 fully saturated rings. The molecule has 7 nitrogen and oxygen atoms in total. The summed E-state index contributed by atoms with van der Waals surface area (Å²) in [6.45, 7) is 5.57. The highest BCUT2D eigenvalue weighted by Gasteiger charge is 2.49. The number of Topliss-reactive ketones (excluding diaryl/α,β-unsaturated/α-hetero) is 1. The molecule has 9 heteroatoms. The zero-order chi connectivity index (χ0) is 31.3. The van der Waals surface area contributed by atoms with Crippen LogP contribution in [0.3, 0.4) is 0 Å². The lowest BCUT2D eigenvalue weighted by Gasteiger charge is -2.25. The number of ether oxygens (including phenoxy) is 1. The van der Waals surface area contributed by atoms with E-state index in [1.165, 1.54) is 11.8 Å². The van der Waals surface area contributed by atoms with Crippen molar-refractivity contribution in [2.24, 2.45) is 17.8 Å². The predicted molar refractivity (Wildman–Crippen MR) is 173 cm³/mol. The molecule has 224 valence electrons. The Morgan fingerprint density at radius 3 is 2.36 bits per heavy atom. The van der Waals surface area contributed by atoms with Crippen LogP contribution in [0.25, 0.3) is 22.2 Å². The summed E-state index contributed by atoms with van der Waals surface area (Å²) < 4.78 is 6.45. The van der Waals surface area contributed by atoms with Gasteiger partial charge in [0.2, 0.25) is 17.6 Å². The maximum absolute atomic E-state index is 13.6. The van der Waals surface area contributed by atoms with E-state index >= 15 is 0 Å². The summed E-state index contributed by atoms with van der Waals surface area (Å²) in [6.07, 6.45) is 1.40. The van der Waals surface area contributed by atoms with E-state index in [2.05, 4.69) is 22.9 Å². The van der Waals surface area contributed by atoms with Crippen molar-refractivity contribution in [1.82, 2.24) is 4.98 Å². The Labute approximate surface area is 268 Å². The Hall–Kier alpha value is -3.88. The number of carbonyl (C=O) groups excluding carboxylic acids is 4. The highest BCUT2D eigenvalue weighted by molar-refractivity contribution is 9.10. The molecule has 1 aliphatic heterocycles. The third-order valence-corrected chi connectivity index (χ3v) is 9.39. The van der Waals surface area contributed by atoms with Gasteiger partial charge in [-0.05, 0) is 99.2 Å². The Kier molecular flexibility index (Phi) is 8.16. The van der Waals surface area contributed by atoms with Crippen LogP contribution in [0, 0.1) is 24.7 Å². The average Bonchev–Trinajstić information content (AvgIpc) is 3.25. The SMILES string of the molecule is Cc1cc(Br)cc2c(C(=O)OC(C)C(=O)c3ccc(Cl)cc3)cc(-c3ccc(N4C(=O)C5CCC(C)CC5C4=O)cc3)nc12. The number of anilines is 1. The van der Waals surface area contributed by atoms with Crippen molar-refractivity contribution < 1.29 is 23.9 Å². The van der Waals surface area contributed by atoms with Crippen molar-refractivity contribution in [2.45, 2.75) is 46.1 Å². The Morgan fingerprint density at radius 2 is 1.66 bits per heavy atom. The molecular weight excluding hydrogens is 644 g/mol. The van der Waals surface area contributed by atoms with Crippen LogP contribution in [0.5, 0.6) is 0 Å². The number of halogens is 2. The van der Waals surface area contributed by atoms with Gasteiger partial charge in [-0.3, -0.25) is 19.3 Å². The van der Waals surface area contributed by atoms with E-state index < -0.39 is 12.1 Å². The maximum atomic E-state index is 13.6. The minimum Gasteiger partial charge on any atom is -0.451 e. The van der Waals surface area contributed by atoms with Gasteiger partial charge < -0.3 is 4.74 Å². The van der Waals surface area contributed by atoms with Gasteiger partial charge >= 0.3 is 5.97 Å². The molecule has 1 aromatic heterocycles. The monoisotopic (exact) mass is 672 g/mol. The van der Waals surface area contributed by atoms with Gasteiger partial charge in [-0.2, -0.15) is 0 Å². The third kappa shape index (κ3) is 5.57. The molecular formula is C35H30BrClN2O5. The number of pyridine rings is 1. The molecule has 6 rings (SSSR count). The van der Waals surface area contributed by atoms with E-state index in [9.17, 15) is 19.2 Å². The molecule has 1 aliphatic carbocycles. The highest BCUT2D eigenvalue weighted by Crippen LogP contribution is 2.42. The first-order chi connectivity index (χ1) is 21.0. The Balaban J connectivity index is 1.32. The fourth-order valence-electron chi connectivity index (χ4n) is 6.32. The van der Waals surface area contributed by atoms with E-state index in [0.717, 1.165) is 29.3 Å². The Bertz CT molecular complexity index is 1820. The largest absolute Gasteiger partial charge is 0.451 e. The summed E-state index contributed by atoms with van der Waals surface area (Å²) in [7, 11) is 0. The van der Waals surface area contributed by atoms with Gasteiger partial charge in [-0.15, -0.1) is 0 Å². The molecule has 3 aromatic carbocycles. The molecule has 4 unspecified atom stereocenters. The van der Waals surface area contributed by atoms with E-state index in [1.807, 2.05) is 13.0 Å². The van der Waals surface area contributed by atoms with Gasteiger partial charge in [0.15, 0.2) is 6.10 Å². The maximum Gasteiger partial charge on any atom is 0.339 e. The summed E-state index contributed by atoms with van der Waals surface area (Å²) in [5.74, 6) is -1.33. The van der Waals surface area contributed by atoms with Crippen LogP contribution in [0.1, 0.15) is 59.4 Å². The number of nitrogens with zero attached hydrogens (tertiary/aromatic N) is 2. The van der Waals surface area contributed by atoms with E-state index in [4.69, 9.17) is 21.3 Å². The number of aryl methyl sites for hydroxylation is 1. The second-order valence-corrected chi connectivity index (χ2v) is 13.1. The zero-order valence-electron chi connectivity index (χ0n) is 24.5. The van der Waals surface area contributed by atoms with Gasteiger partial charge in [0.05, 0.1) is 34.3 Å². The average molecular weight is 674 g/mol.